The monoisotopic (exact) mass is 507 g/mol. The first-order valence-corrected chi connectivity index (χ1v) is 13.7. The molecule has 0 aliphatic rings. The van der Waals surface area contributed by atoms with E-state index in [1.54, 1.807) is 29.2 Å². The largest absolute Gasteiger partial charge is 0.354 e. The van der Waals surface area contributed by atoms with Crippen molar-refractivity contribution >= 4 is 39.1 Å². The van der Waals surface area contributed by atoms with Crippen LogP contribution in [0.1, 0.15) is 45.1 Å². The number of carbonyl (C=O) groups is 2. The van der Waals surface area contributed by atoms with Gasteiger partial charge in [0, 0.05) is 31.1 Å². The normalized spacial score (nSPS) is 12.1. The summed E-state index contributed by atoms with van der Waals surface area (Å²) in [4.78, 5) is 27.7. The van der Waals surface area contributed by atoms with E-state index in [0.29, 0.717) is 36.6 Å². The van der Waals surface area contributed by atoms with Crippen molar-refractivity contribution in [2.45, 2.75) is 52.1 Å². The summed E-state index contributed by atoms with van der Waals surface area (Å²) >= 11 is 5.93. The predicted molar refractivity (Wildman–Crippen MR) is 137 cm³/mol. The lowest BCUT2D eigenvalue weighted by Gasteiger charge is -2.31. The fourth-order valence-corrected chi connectivity index (χ4v) is 4.77. The lowest BCUT2D eigenvalue weighted by Crippen LogP contribution is -2.49. The third-order valence-electron chi connectivity index (χ3n) is 5.40. The van der Waals surface area contributed by atoms with E-state index in [9.17, 15) is 18.0 Å². The Morgan fingerprint density at radius 1 is 1.03 bits per heavy atom. The molecule has 0 saturated carbocycles. The van der Waals surface area contributed by atoms with Crippen molar-refractivity contribution in [2.75, 3.05) is 23.7 Å². The van der Waals surface area contributed by atoms with Gasteiger partial charge in [0.25, 0.3) is 0 Å². The molecule has 2 aromatic rings. The quantitative estimate of drug-likeness (QED) is 0.439. The molecule has 0 radical (unpaired) electrons. The summed E-state index contributed by atoms with van der Waals surface area (Å²) in [6, 6.07) is 15.5. The van der Waals surface area contributed by atoms with E-state index in [1.807, 2.05) is 44.2 Å². The van der Waals surface area contributed by atoms with E-state index in [4.69, 9.17) is 11.6 Å². The molecule has 9 heteroatoms. The van der Waals surface area contributed by atoms with Crippen LogP contribution in [0.5, 0.6) is 0 Å². The number of sulfonamides is 1. The van der Waals surface area contributed by atoms with Gasteiger partial charge >= 0.3 is 0 Å². The molecule has 0 aliphatic carbocycles. The molecule has 0 fully saturated rings. The van der Waals surface area contributed by atoms with Crippen LogP contribution in [-0.4, -0.2) is 50.5 Å². The van der Waals surface area contributed by atoms with Gasteiger partial charge in [-0.3, -0.25) is 13.9 Å². The first-order valence-electron chi connectivity index (χ1n) is 11.5. The highest BCUT2D eigenvalue weighted by Crippen LogP contribution is 2.21. The number of rotatable bonds is 13. The average molecular weight is 508 g/mol. The van der Waals surface area contributed by atoms with Crippen LogP contribution in [0, 0.1) is 0 Å². The fraction of sp³-hybridized carbons (Fsp3) is 0.440. The van der Waals surface area contributed by atoms with E-state index in [0.717, 1.165) is 18.2 Å². The maximum Gasteiger partial charge on any atom is 0.242 e. The summed E-state index contributed by atoms with van der Waals surface area (Å²) in [5.41, 5.74) is 1.42. The number of hydrogen-bond acceptors (Lipinski definition) is 4. The van der Waals surface area contributed by atoms with Crippen LogP contribution in [0.4, 0.5) is 5.69 Å². The Labute approximate surface area is 208 Å². The number of nitrogens with zero attached hydrogens (tertiary/aromatic N) is 2. The second-order valence-electron chi connectivity index (χ2n) is 8.14. The molecule has 0 saturated heterocycles. The Morgan fingerprint density at radius 2 is 1.68 bits per heavy atom. The van der Waals surface area contributed by atoms with Gasteiger partial charge in [-0.2, -0.15) is 0 Å². The molecule has 7 nitrogen and oxygen atoms in total. The summed E-state index contributed by atoms with van der Waals surface area (Å²) < 4.78 is 26.0. The van der Waals surface area contributed by atoms with Gasteiger partial charge < -0.3 is 10.2 Å². The second kappa shape index (κ2) is 13.3. The summed E-state index contributed by atoms with van der Waals surface area (Å²) in [7, 11) is -3.54. The Bertz CT molecular complexity index is 1030. The van der Waals surface area contributed by atoms with E-state index in [1.165, 1.54) is 4.31 Å². The van der Waals surface area contributed by atoms with E-state index in [2.05, 4.69) is 5.32 Å². The number of carbonyl (C=O) groups excluding carboxylic acids is 2. The zero-order valence-electron chi connectivity index (χ0n) is 20.0. The molecule has 0 heterocycles. The number of halogens is 1. The topological polar surface area (TPSA) is 86.8 Å². The summed E-state index contributed by atoms with van der Waals surface area (Å²) in [5.74, 6) is -0.362. The zero-order valence-corrected chi connectivity index (χ0v) is 21.6. The van der Waals surface area contributed by atoms with E-state index in [-0.39, 0.29) is 24.8 Å². The van der Waals surface area contributed by atoms with Crippen LogP contribution in [0.2, 0.25) is 5.02 Å². The minimum atomic E-state index is -3.54. The van der Waals surface area contributed by atoms with Gasteiger partial charge in [0.05, 0.1) is 11.9 Å². The lowest BCUT2D eigenvalue weighted by molar-refractivity contribution is -0.141. The fourth-order valence-electron chi connectivity index (χ4n) is 3.68. The van der Waals surface area contributed by atoms with Gasteiger partial charge in [0.15, 0.2) is 0 Å². The molecule has 0 aromatic heterocycles. The lowest BCUT2D eigenvalue weighted by atomic mass is 10.1. The number of hydrogen-bond donors (Lipinski definition) is 1. The zero-order chi connectivity index (χ0) is 25.1. The number of amides is 2. The Morgan fingerprint density at radius 3 is 2.24 bits per heavy atom. The van der Waals surface area contributed by atoms with Crippen molar-refractivity contribution in [1.82, 2.24) is 10.2 Å². The molecule has 1 unspecified atom stereocenters. The molecule has 34 heavy (non-hydrogen) atoms. The first kappa shape index (κ1) is 27.7. The standard InChI is InChI=1S/C25H34ClN3O4S/c1-4-17-27-25(31)23(5-2)28(19-20-10-7-6-8-11-20)24(30)12-9-18-29(34(3,32)33)22-15-13-21(26)14-16-22/h6-8,10-11,13-16,23H,4-5,9,12,17-19H2,1-3H3,(H,27,31). The SMILES string of the molecule is CCCNC(=O)C(CC)N(Cc1ccccc1)C(=O)CCCN(c1ccc(Cl)cc1)S(C)(=O)=O. The van der Waals surface area contributed by atoms with Gasteiger partial charge in [-0.1, -0.05) is 55.8 Å². The highest BCUT2D eigenvalue weighted by atomic mass is 35.5. The minimum Gasteiger partial charge on any atom is -0.354 e. The molecule has 1 N–H and O–H groups in total. The van der Waals surface area contributed by atoms with Gasteiger partial charge in [0.1, 0.15) is 6.04 Å². The van der Waals surface area contributed by atoms with Crippen molar-refractivity contribution in [3.8, 4) is 0 Å². The van der Waals surface area contributed by atoms with Crippen molar-refractivity contribution in [3.05, 3.63) is 65.2 Å². The van der Waals surface area contributed by atoms with Crippen LogP contribution in [-0.2, 0) is 26.2 Å². The third kappa shape index (κ3) is 8.33. The van der Waals surface area contributed by atoms with E-state index >= 15 is 0 Å². The van der Waals surface area contributed by atoms with Crippen LogP contribution in [0.25, 0.3) is 0 Å². The molecular weight excluding hydrogens is 474 g/mol. The molecule has 2 aromatic carbocycles. The van der Waals surface area contributed by atoms with Crippen molar-refractivity contribution in [2.24, 2.45) is 0 Å². The Kier molecular flexibility index (Phi) is 10.9. The smallest absolute Gasteiger partial charge is 0.242 e. The Balaban J connectivity index is 2.16. The number of benzene rings is 2. The summed E-state index contributed by atoms with van der Waals surface area (Å²) in [5, 5.41) is 3.40. The van der Waals surface area contributed by atoms with Crippen LogP contribution >= 0.6 is 11.6 Å². The van der Waals surface area contributed by atoms with Gasteiger partial charge in [-0.25, -0.2) is 8.42 Å². The number of anilines is 1. The molecule has 2 rings (SSSR count). The maximum atomic E-state index is 13.3. The summed E-state index contributed by atoms with van der Waals surface area (Å²) in [6.45, 7) is 4.86. The molecular formula is C25H34ClN3O4S. The predicted octanol–water partition coefficient (Wildman–Crippen LogP) is 4.22. The maximum absolute atomic E-state index is 13.3. The Hall–Kier alpha value is -2.58. The number of nitrogens with one attached hydrogen (secondary N) is 1. The van der Waals surface area contributed by atoms with Crippen LogP contribution in [0.15, 0.2) is 54.6 Å². The average Bonchev–Trinajstić information content (AvgIpc) is 2.81. The molecule has 0 bridgehead atoms. The molecule has 2 amide bonds. The van der Waals surface area contributed by atoms with Crippen LogP contribution in [0.3, 0.4) is 0 Å². The molecule has 1 atom stereocenters. The second-order valence-corrected chi connectivity index (χ2v) is 10.5. The minimum absolute atomic E-state index is 0.115. The van der Waals surface area contributed by atoms with Gasteiger partial charge in [0.2, 0.25) is 21.8 Å². The van der Waals surface area contributed by atoms with Crippen molar-refractivity contribution in [3.63, 3.8) is 0 Å². The molecule has 0 spiro atoms. The van der Waals surface area contributed by atoms with Gasteiger partial charge in [-0.15, -0.1) is 0 Å². The third-order valence-corrected chi connectivity index (χ3v) is 6.84. The van der Waals surface area contributed by atoms with Crippen molar-refractivity contribution in [1.29, 1.82) is 0 Å². The summed E-state index contributed by atoms with van der Waals surface area (Å²) in [6.07, 6.45) is 2.85. The first-order chi connectivity index (χ1) is 16.2. The highest BCUT2D eigenvalue weighted by Gasteiger charge is 2.28. The van der Waals surface area contributed by atoms with Crippen molar-refractivity contribution < 1.29 is 18.0 Å². The highest BCUT2D eigenvalue weighted by molar-refractivity contribution is 7.92. The molecule has 0 aliphatic heterocycles. The molecule has 186 valence electrons. The van der Waals surface area contributed by atoms with E-state index < -0.39 is 16.1 Å². The van der Waals surface area contributed by atoms with Crippen LogP contribution < -0.4 is 9.62 Å². The van der Waals surface area contributed by atoms with Gasteiger partial charge in [-0.05, 0) is 49.1 Å².